The second kappa shape index (κ2) is 5.83. The average Bonchev–Trinajstić information content (AvgIpc) is 2.79. The summed E-state index contributed by atoms with van der Waals surface area (Å²) in [6.07, 6.45) is -0.255. The van der Waals surface area contributed by atoms with Gasteiger partial charge in [-0.3, -0.25) is 0 Å². The van der Waals surface area contributed by atoms with Crippen molar-refractivity contribution in [2.24, 2.45) is 0 Å². The lowest BCUT2D eigenvalue weighted by atomic mass is 10.0. The van der Waals surface area contributed by atoms with E-state index in [0.29, 0.717) is 24.2 Å². The molecule has 8 heteroatoms. The van der Waals surface area contributed by atoms with Gasteiger partial charge in [-0.25, -0.2) is 0 Å². The van der Waals surface area contributed by atoms with Crippen LogP contribution in [0, 0.1) is 0 Å². The fourth-order valence-corrected chi connectivity index (χ4v) is 2.41. The third-order valence-electron chi connectivity index (χ3n) is 2.77. The van der Waals surface area contributed by atoms with Gasteiger partial charge in [-0.05, 0) is 25.8 Å². The van der Waals surface area contributed by atoms with E-state index < -0.39 is 12.0 Å². The first kappa shape index (κ1) is 13.5. The van der Waals surface area contributed by atoms with Crippen molar-refractivity contribution in [1.29, 1.82) is 0 Å². The largest absolute Gasteiger partial charge is 0.469 e. The van der Waals surface area contributed by atoms with E-state index in [1.165, 1.54) is 12.8 Å². The minimum absolute atomic E-state index is 0.0156. The van der Waals surface area contributed by atoms with Gasteiger partial charge in [0.1, 0.15) is 0 Å². The van der Waals surface area contributed by atoms with Crippen molar-refractivity contribution in [3.8, 4) is 5.19 Å². The highest BCUT2D eigenvalue weighted by molar-refractivity contribution is 7.07. The zero-order chi connectivity index (χ0) is 13.0. The van der Waals surface area contributed by atoms with Gasteiger partial charge in [0.05, 0.1) is 6.61 Å². The number of halogens is 3. The highest BCUT2D eigenvalue weighted by Crippen LogP contribution is 2.29. The molecular formula is C10H14F3N3OS. The summed E-state index contributed by atoms with van der Waals surface area (Å²) in [5.74, 6) is -1.13. The molecule has 18 heavy (non-hydrogen) atoms. The number of ether oxygens (including phenoxy) is 1. The Morgan fingerprint density at radius 2 is 2.22 bits per heavy atom. The standard InChI is InChI=1S/C10H14F3N3OS/c11-10(12,13)8-15-9(18-16-8)17-6-4-7-3-1-2-5-14-7/h7,14H,1-6H2. The number of nitrogens with one attached hydrogen (secondary N) is 1. The van der Waals surface area contributed by atoms with Crippen molar-refractivity contribution in [2.45, 2.75) is 37.9 Å². The maximum atomic E-state index is 12.2. The number of rotatable bonds is 4. The van der Waals surface area contributed by atoms with Crippen molar-refractivity contribution in [3.05, 3.63) is 5.82 Å². The van der Waals surface area contributed by atoms with Gasteiger partial charge in [0.2, 0.25) is 0 Å². The van der Waals surface area contributed by atoms with Crippen LogP contribution in [0.15, 0.2) is 0 Å². The molecule has 4 nitrogen and oxygen atoms in total. The Kier molecular flexibility index (Phi) is 4.39. The number of hydrogen-bond donors (Lipinski definition) is 1. The lowest BCUT2D eigenvalue weighted by molar-refractivity contribution is -0.144. The molecule has 0 aliphatic carbocycles. The van der Waals surface area contributed by atoms with E-state index in [9.17, 15) is 13.2 Å². The van der Waals surface area contributed by atoms with E-state index >= 15 is 0 Å². The summed E-state index contributed by atoms with van der Waals surface area (Å²) in [5, 5.41) is 3.33. The van der Waals surface area contributed by atoms with Crippen LogP contribution in [0.4, 0.5) is 13.2 Å². The summed E-state index contributed by atoms with van der Waals surface area (Å²) >= 11 is 0.639. The third-order valence-corrected chi connectivity index (χ3v) is 3.39. The quantitative estimate of drug-likeness (QED) is 0.921. The molecule has 1 aliphatic heterocycles. The molecule has 1 saturated heterocycles. The van der Waals surface area contributed by atoms with Gasteiger partial charge in [0.25, 0.3) is 11.0 Å². The summed E-state index contributed by atoms with van der Waals surface area (Å²) in [6, 6.07) is 0.397. The van der Waals surface area contributed by atoms with Gasteiger partial charge in [-0.1, -0.05) is 6.42 Å². The maximum absolute atomic E-state index is 12.2. The number of piperidine rings is 1. The van der Waals surface area contributed by atoms with Crippen molar-refractivity contribution >= 4 is 11.5 Å². The van der Waals surface area contributed by atoms with Gasteiger partial charge >= 0.3 is 6.18 Å². The molecule has 1 aromatic rings. The Balaban J connectivity index is 1.74. The van der Waals surface area contributed by atoms with E-state index in [1.807, 2.05) is 0 Å². The number of hydrogen-bond acceptors (Lipinski definition) is 5. The summed E-state index contributed by atoms with van der Waals surface area (Å²) < 4.78 is 45.1. The summed E-state index contributed by atoms with van der Waals surface area (Å²) in [6.45, 7) is 1.37. The fourth-order valence-electron chi connectivity index (χ4n) is 1.84. The monoisotopic (exact) mass is 281 g/mol. The van der Waals surface area contributed by atoms with E-state index in [1.54, 1.807) is 0 Å². The smallest absolute Gasteiger partial charge is 0.452 e. The van der Waals surface area contributed by atoms with E-state index in [2.05, 4.69) is 14.7 Å². The van der Waals surface area contributed by atoms with E-state index in [0.717, 1.165) is 19.4 Å². The lowest BCUT2D eigenvalue weighted by Crippen LogP contribution is -2.35. The normalized spacial score (nSPS) is 20.9. The molecular weight excluding hydrogens is 267 g/mol. The highest BCUT2D eigenvalue weighted by Gasteiger charge is 2.36. The first-order chi connectivity index (χ1) is 8.55. The summed E-state index contributed by atoms with van der Waals surface area (Å²) in [7, 11) is 0. The first-order valence-corrected chi connectivity index (χ1v) is 6.60. The van der Waals surface area contributed by atoms with Crippen LogP contribution in [0.25, 0.3) is 0 Å². The fraction of sp³-hybridized carbons (Fsp3) is 0.800. The second-order valence-electron chi connectivity index (χ2n) is 4.17. The molecule has 1 unspecified atom stereocenters. The number of aromatic nitrogens is 2. The maximum Gasteiger partial charge on any atom is 0.452 e. The van der Waals surface area contributed by atoms with Crippen molar-refractivity contribution in [3.63, 3.8) is 0 Å². The van der Waals surface area contributed by atoms with Gasteiger partial charge in [-0.15, -0.1) is 0 Å². The molecule has 102 valence electrons. The highest BCUT2D eigenvalue weighted by atomic mass is 32.1. The van der Waals surface area contributed by atoms with Gasteiger partial charge in [0.15, 0.2) is 0 Å². The predicted octanol–water partition coefficient (Wildman–Crippen LogP) is 2.47. The Labute approximate surface area is 107 Å². The van der Waals surface area contributed by atoms with Crippen molar-refractivity contribution < 1.29 is 17.9 Å². The van der Waals surface area contributed by atoms with Gasteiger partial charge in [0, 0.05) is 17.6 Å². The molecule has 0 amide bonds. The molecule has 0 aromatic carbocycles. The molecule has 0 bridgehead atoms. The molecule has 2 heterocycles. The van der Waals surface area contributed by atoms with E-state index in [4.69, 9.17) is 4.74 Å². The molecule has 1 aliphatic rings. The lowest BCUT2D eigenvalue weighted by Gasteiger charge is -2.22. The average molecular weight is 281 g/mol. The zero-order valence-electron chi connectivity index (χ0n) is 9.66. The molecule has 1 N–H and O–H groups in total. The van der Waals surface area contributed by atoms with Crippen molar-refractivity contribution in [2.75, 3.05) is 13.2 Å². The van der Waals surface area contributed by atoms with Crippen LogP contribution in [0.1, 0.15) is 31.5 Å². The molecule has 1 atom stereocenters. The molecule has 1 aromatic heterocycles. The van der Waals surface area contributed by atoms with E-state index in [-0.39, 0.29) is 5.19 Å². The van der Waals surface area contributed by atoms with Crippen LogP contribution < -0.4 is 10.1 Å². The third kappa shape index (κ3) is 3.81. The zero-order valence-corrected chi connectivity index (χ0v) is 10.5. The minimum Gasteiger partial charge on any atom is -0.469 e. The molecule has 2 rings (SSSR count). The summed E-state index contributed by atoms with van der Waals surface area (Å²) in [4.78, 5) is 3.30. The SMILES string of the molecule is FC(F)(F)c1nsc(OCCC2CCCCN2)n1. The van der Waals surface area contributed by atoms with Crippen LogP contribution in [0.2, 0.25) is 0 Å². The first-order valence-electron chi connectivity index (χ1n) is 5.83. The summed E-state index contributed by atoms with van der Waals surface area (Å²) in [5.41, 5.74) is 0. The number of alkyl halides is 3. The Morgan fingerprint density at radius 1 is 1.39 bits per heavy atom. The topological polar surface area (TPSA) is 47.0 Å². The van der Waals surface area contributed by atoms with Crippen LogP contribution in [0.5, 0.6) is 5.19 Å². The molecule has 0 saturated carbocycles. The molecule has 0 spiro atoms. The van der Waals surface area contributed by atoms with Crippen LogP contribution >= 0.6 is 11.5 Å². The Hall–Kier alpha value is -0.890. The van der Waals surface area contributed by atoms with Gasteiger partial charge < -0.3 is 10.1 Å². The number of nitrogens with zero attached hydrogens (tertiary/aromatic N) is 2. The van der Waals surface area contributed by atoms with Gasteiger partial charge in [-0.2, -0.15) is 22.5 Å². The van der Waals surface area contributed by atoms with Crippen molar-refractivity contribution in [1.82, 2.24) is 14.7 Å². The Morgan fingerprint density at radius 3 is 2.83 bits per heavy atom. The molecule has 0 radical (unpaired) electrons. The van der Waals surface area contributed by atoms with Crippen LogP contribution in [0.3, 0.4) is 0 Å². The Bertz CT molecular complexity index is 377. The second-order valence-corrected chi connectivity index (χ2v) is 4.88. The molecule has 1 fully saturated rings. The van der Waals surface area contributed by atoms with Crippen LogP contribution in [-0.4, -0.2) is 28.6 Å². The predicted molar refractivity (Wildman–Crippen MR) is 60.7 cm³/mol. The van der Waals surface area contributed by atoms with Crippen LogP contribution in [-0.2, 0) is 6.18 Å². The minimum atomic E-state index is -4.50.